The first-order valence-corrected chi connectivity index (χ1v) is 9.36. The number of nitrogens with zero attached hydrogens (tertiary/aromatic N) is 5. The minimum atomic E-state index is 0.747. The van der Waals surface area contributed by atoms with Crippen molar-refractivity contribution in [3.63, 3.8) is 0 Å². The molecule has 24 heavy (non-hydrogen) atoms. The van der Waals surface area contributed by atoms with Crippen molar-refractivity contribution in [2.24, 2.45) is 0 Å². The molecule has 0 saturated heterocycles. The predicted molar refractivity (Wildman–Crippen MR) is 105 cm³/mol. The molecule has 124 valence electrons. The van der Waals surface area contributed by atoms with Crippen LogP contribution in [0.15, 0.2) is 24.5 Å². The minimum absolute atomic E-state index is 0.747. The molecule has 0 amide bonds. The van der Waals surface area contributed by atoms with Crippen LogP contribution in [-0.2, 0) is 19.4 Å². The Bertz CT molecular complexity index is 900. The van der Waals surface area contributed by atoms with Crippen LogP contribution in [0.1, 0.15) is 29.5 Å². The normalized spacial score (nSPS) is 14.0. The van der Waals surface area contributed by atoms with Crippen LogP contribution < -0.4 is 4.90 Å². The Hall–Kier alpha value is -1.70. The summed E-state index contributed by atoms with van der Waals surface area (Å²) in [5.41, 5.74) is 5.22. The van der Waals surface area contributed by atoms with Crippen LogP contribution >= 0.6 is 22.6 Å². The first-order chi connectivity index (χ1) is 11.6. The van der Waals surface area contributed by atoms with Gasteiger partial charge in [-0.1, -0.05) is 18.2 Å². The molecule has 0 radical (unpaired) electrons. The lowest BCUT2D eigenvalue weighted by molar-refractivity contribution is 0.673. The van der Waals surface area contributed by atoms with Crippen molar-refractivity contribution < 1.29 is 0 Å². The molecule has 2 heterocycles. The fourth-order valence-electron chi connectivity index (χ4n) is 3.46. The minimum Gasteiger partial charge on any atom is -0.362 e. The van der Waals surface area contributed by atoms with Crippen molar-refractivity contribution >= 4 is 39.4 Å². The molecular formula is C18H20IN5. The third-order valence-electron chi connectivity index (χ3n) is 4.64. The third-order valence-corrected chi connectivity index (χ3v) is 5.39. The Kier molecular flexibility index (Phi) is 4.15. The predicted octanol–water partition coefficient (Wildman–Crippen LogP) is 3.42. The zero-order valence-corrected chi connectivity index (χ0v) is 16.1. The zero-order valence-electron chi connectivity index (χ0n) is 14.0. The highest BCUT2D eigenvalue weighted by atomic mass is 127. The molecule has 5 nitrogen and oxygen atoms in total. The van der Waals surface area contributed by atoms with E-state index < -0.39 is 0 Å². The second-order valence-corrected chi connectivity index (χ2v) is 7.57. The number of hydrogen-bond acceptors (Lipinski definition) is 4. The highest BCUT2D eigenvalue weighted by Crippen LogP contribution is 2.27. The molecule has 6 heteroatoms. The molecule has 0 aliphatic heterocycles. The largest absolute Gasteiger partial charge is 0.362 e. The number of aryl methyl sites for hydroxylation is 2. The van der Waals surface area contributed by atoms with E-state index in [0.717, 1.165) is 27.1 Å². The fraction of sp³-hybridized carbons (Fsp3) is 0.389. The molecular weight excluding hydrogens is 413 g/mol. The summed E-state index contributed by atoms with van der Waals surface area (Å²) < 4.78 is 2.95. The van der Waals surface area contributed by atoms with E-state index in [4.69, 9.17) is 5.10 Å². The SMILES string of the molecule is CN(C)c1ncnc2c1c(I)nn2Cc1ccc2c(c1)CCCC2. The van der Waals surface area contributed by atoms with Crippen molar-refractivity contribution in [1.82, 2.24) is 19.7 Å². The molecule has 0 fully saturated rings. The van der Waals surface area contributed by atoms with E-state index in [1.807, 2.05) is 23.7 Å². The van der Waals surface area contributed by atoms with Gasteiger partial charge in [0, 0.05) is 14.1 Å². The second-order valence-electron chi connectivity index (χ2n) is 6.55. The van der Waals surface area contributed by atoms with Crippen molar-refractivity contribution in [2.45, 2.75) is 32.2 Å². The summed E-state index contributed by atoms with van der Waals surface area (Å²) in [4.78, 5) is 10.9. The molecule has 0 bridgehead atoms. The maximum atomic E-state index is 4.71. The molecule has 0 atom stereocenters. The van der Waals surface area contributed by atoms with Gasteiger partial charge >= 0.3 is 0 Å². The van der Waals surface area contributed by atoms with Crippen LogP contribution in [0.3, 0.4) is 0 Å². The number of benzene rings is 1. The van der Waals surface area contributed by atoms with Gasteiger partial charge in [-0.2, -0.15) is 5.10 Å². The van der Waals surface area contributed by atoms with E-state index >= 15 is 0 Å². The Morgan fingerprint density at radius 1 is 1.12 bits per heavy atom. The Balaban J connectivity index is 1.74. The van der Waals surface area contributed by atoms with Crippen molar-refractivity contribution in [3.05, 3.63) is 44.9 Å². The monoisotopic (exact) mass is 433 g/mol. The Morgan fingerprint density at radius 3 is 2.71 bits per heavy atom. The Labute approximate surface area is 155 Å². The lowest BCUT2D eigenvalue weighted by Crippen LogP contribution is -2.11. The molecule has 2 aromatic heterocycles. The lowest BCUT2D eigenvalue weighted by atomic mass is 9.90. The van der Waals surface area contributed by atoms with Gasteiger partial charge < -0.3 is 4.90 Å². The summed E-state index contributed by atoms with van der Waals surface area (Å²) >= 11 is 2.28. The Morgan fingerprint density at radius 2 is 1.92 bits per heavy atom. The van der Waals surface area contributed by atoms with Crippen LogP contribution in [0.5, 0.6) is 0 Å². The highest BCUT2D eigenvalue weighted by Gasteiger charge is 2.17. The summed E-state index contributed by atoms with van der Waals surface area (Å²) in [5.74, 6) is 0.918. The van der Waals surface area contributed by atoms with Crippen LogP contribution in [0.25, 0.3) is 11.0 Å². The van der Waals surface area contributed by atoms with E-state index in [2.05, 4.69) is 50.8 Å². The molecule has 4 rings (SSSR count). The van der Waals surface area contributed by atoms with Gasteiger partial charge in [0.1, 0.15) is 15.8 Å². The van der Waals surface area contributed by atoms with Gasteiger partial charge in [0.2, 0.25) is 0 Å². The standard InChI is InChI=1S/C18H20IN5/c1-23(2)17-15-16(19)22-24(18(15)21-11-20-17)10-12-7-8-13-5-3-4-6-14(13)9-12/h7-9,11H,3-6,10H2,1-2H3. The summed E-state index contributed by atoms with van der Waals surface area (Å²) in [5, 5.41) is 5.74. The third kappa shape index (κ3) is 2.76. The first-order valence-electron chi connectivity index (χ1n) is 8.28. The summed E-state index contributed by atoms with van der Waals surface area (Å²) in [7, 11) is 4.00. The van der Waals surface area contributed by atoms with Crippen molar-refractivity contribution in [2.75, 3.05) is 19.0 Å². The number of rotatable bonds is 3. The van der Waals surface area contributed by atoms with Crippen LogP contribution in [0.4, 0.5) is 5.82 Å². The van der Waals surface area contributed by atoms with Gasteiger partial charge in [-0.05, 0) is 65.0 Å². The maximum Gasteiger partial charge on any atom is 0.164 e. The molecule has 0 spiro atoms. The van der Waals surface area contributed by atoms with Gasteiger partial charge in [0.15, 0.2) is 5.65 Å². The number of anilines is 1. The maximum absolute atomic E-state index is 4.71. The topological polar surface area (TPSA) is 46.8 Å². The van der Waals surface area contributed by atoms with Crippen LogP contribution in [0.2, 0.25) is 0 Å². The van der Waals surface area contributed by atoms with E-state index in [-0.39, 0.29) is 0 Å². The van der Waals surface area contributed by atoms with Gasteiger partial charge in [0.25, 0.3) is 0 Å². The van der Waals surface area contributed by atoms with E-state index in [0.29, 0.717) is 0 Å². The molecule has 0 saturated carbocycles. The lowest BCUT2D eigenvalue weighted by Gasteiger charge is -2.16. The van der Waals surface area contributed by atoms with Gasteiger partial charge in [-0.3, -0.25) is 0 Å². The number of aromatic nitrogens is 4. The van der Waals surface area contributed by atoms with Crippen LogP contribution in [-0.4, -0.2) is 33.8 Å². The summed E-state index contributed by atoms with van der Waals surface area (Å²) in [6.07, 6.45) is 6.67. The number of fused-ring (bicyclic) bond motifs is 2. The molecule has 1 aliphatic rings. The average molecular weight is 433 g/mol. The van der Waals surface area contributed by atoms with E-state index in [1.165, 1.54) is 42.4 Å². The van der Waals surface area contributed by atoms with Crippen LogP contribution in [0, 0.1) is 3.70 Å². The molecule has 0 N–H and O–H groups in total. The van der Waals surface area contributed by atoms with Gasteiger partial charge in [0.05, 0.1) is 11.9 Å². The average Bonchev–Trinajstić information content (AvgIpc) is 2.91. The molecule has 1 aliphatic carbocycles. The number of halogens is 1. The van der Waals surface area contributed by atoms with Crippen molar-refractivity contribution in [1.29, 1.82) is 0 Å². The quantitative estimate of drug-likeness (QED) is 0.594. The molecule has 0 unspecified atom stereocenters. The second kappa shape index (κ2) is 6.31. The number of hydrogen-bond donors (Lipinski definition) is 0. The fourth-order valence-corrected chi connectivity index (χ4v) is 4.20. The van der Waals surface area contributed by atoms with Gasteiger partial charge in [-0.25, -0.2) is 14.6 Å². The van der Waals surface area contributed by atoms with Gasteiger partial charge in [-0.15, -0.1) is 0 Å². The van der Waals surface area contributed by atoms with Crippen molar-refractivity contribution in [3.8, 4) is 0 Å². The highest BCUT2D eigenvalue weighted by molar-refractivity contribution is 14.1. The van der Waals surface area contributed by atoms with E-state index in [9.17, 15) is 0 Å². The smallest absolute Gasteiger partial charge is 0.164 e. The molecule has 1 aromatic carbocycles. The molecule has 3 aromatic rings. The first kappa shape index (κ1) is 15.8. The summed E-state index contributed by atoms with van der Waals surface area (Å²) in [6, 6.07) is 6.88. The zero-order chi connectivity index (χ0) is 16.7. The van der Waals surface area contributed by atoms with E-state index in [1.54, 1.807) is 6.33 Å². The summed E-state index contributed by atoms with van der Waals surface area (Å²) in [6.45, 7) is 0.747.